The Morgan fingerprint density at radius 1 is 1.24 bits per heavy atom. The number of nitrogens with zero attached hydrogens (tertiary/aromatic N) is 1. The summed E-state index contributed by atoms with van der Waals surface area (Å²) in [4.78, 5) is 18.1. The summed E-state index contributed by atoms with van der Waals surface area (Å²) in [7, 11) is 0. The van der Waals surface area contributed by atoms with Gasteiger partial charge in [0.15, 0.2) is 12.0 Å². The minimum Gasteiger partial charge on any atom is -0.508 e. The summed E-state index contributed by atoms with van der Waals surface area (Å²) in [6.45, 7) is 10.6. The van der Waals surface area contributed by atoms with Gasteiger partial charge in [0.25, 0.3) is 0 Å². The Morgan fingerprint density at radius 3 is 2.62 bits per heavy atom. The minimum absolute atomic E-state index is 0.00873. The summed E-state index contributed by atoms with van der Waals surface area (Å²) in [6.07, 6.45) is 0.155. The van der Waals surface area contributed by atoms with Crippen molar-refractivity contribution in [3.63, 3.8) is 0 Å². The Bertz CT molecular complexity index is 888. The van der Waals surface area contributed by atoms with Gasteiger partial charge < -0.3 is 14.7 Å². The van der Waals surface area contributed by atoms with Gasteiger partial charge in [-0.3, -0.25) is 4.79 Å². The van der Waals surface area contributed by atoms with E-state index in [1.54, 1.807) is 6.92 Å². The van der Waals surface area contributed by atoms with Crippen LogP contribution in [0.2, 0.25) is 0 Å². The van der Waals surface area contributed by atoms with Gasteiger partial charge in [-0.1, -0.05) is 18.5 Å². The number of fused-ring (bicyclic) bond motifs is 1. The molecule has 1 aromatic carbocycles. The number of benzene rings is 1. The quantitative estimate of drug-likeness (QED) is 0.539. The number of carbonyl (C=O) groups is 1. The number of rotatable bonds is 6. The van der Waals surface area contributed by atoms with Gasteiger partial charge in [0, 0.05) is 24.3 Å². The van der Waals surface area contributed by atoms with Gasteiger partial charge in [0.05, 0.1) is 17.9 Å². The molecule has 0 amide bonds. The van der Waals surface area contributed by atoms with Crippen LogP contribution < -0.4 is 4.74 Å². The molecule has 0 saturated heterocycles. The van der Waals surface area contributed by atoms with Crippen molar-refractivity contribution >= 4 is 11.5 Å². The molecule has 0 aromatic heterocycles. The zero-order chi connectivity index (χ0) is 21.3. The second-order valence-corrected chi connectivity index (χ2v) is 7.80. The Morgan fingerprint density at radius 2 is 1.97 bits per heavy atom. The first-order valence-corrected chi connectivity index (χ1v) is 10.4. The van der Waals surface area contributed by atoms with E-state index in [1.807, 2.05) is 27.7 Å². The van der Waals surface area contributed by atoms with Crippen molar-refractivity contribution in [1.29, 1.82) is 0 Å². The molecule has 0 fully saturated rings. The zero-order valence-corrected chi connectivity index (χ0v) is 17.9. The Kier molecular flexibility index (Phi) is 6.30. The lowest BCUT2D eigenvalue weighted by atomic mass is 9.75. The predicted octanol–water partition coefficient (Wildman–Crippen LogP) is 4.95. The Balaban J connectivity index is 2.09. The second-order valence-electron chi connectivity index (χ2n) is 7.80. The maximum atomic E-state index is 15.6. The highest BCUT2D eigenvalue weighted by atomic mass is 19.1. The van der Waals surface area contributed by atoms with E-state index in [1.165, 1.54) is 0 Å². The molecule has 1 aliphatic heterocycles. The van der Waals surface area contributed by atoms with Crippen LogP contribution in [-0.4, -0.2) is 36.0 Å². The number of allylic oxidation sites excluding steroid dienone is 2. The number of Topliss-reactive ketones (excluding diaryl/α,β-unsaturated/α-hetero) is 1. The monoisotopic (exact) mass is 403 g/mol. The number of aliphatic hydroxyl groups excluding tert-OH is 1. The van der Waals surface area contributed by atoms with E-state index in [2.05, 4.69) is 5.16 Å². The number of hydrogen-bond acceptors (Lipinski definition) is 5. The van der Waals surface area contributed by atoms with Crippen molar-refractivity contribution in [2.45, 2.75) is 72.4 Å². The lowest BCUT2D eigenvalue weighted by Crippen LogP contribution is -2.32. The van der Waals surface area contributed by atoms with Crippen LogP contribution in [0.5, 0.6) is 5.75 Å². The van der Waals surface area contributed by atoms with Crippen LogP contribution in [-0.2, 0) is 16.1 Å². The van der Waals surface area contributed by atoms with Gasteiger partial charge in [-0.15, -0.1) is 0 Å². The molecule has 2 aliphatic rings. The minimum atomic E-state index is -1.67. The fourth-order valence-corrected chi connectivity index (χ4v) is 4.46. The van der Waals surface area contributed by atoms with E-state index >= 15 is 4.39 Å². The molecule has 0 saturated carbocycles. The molecule has 1 heterocycles. The molecule has 1 aromatic rings. The molecule has 158 valence electrons. The first kappa shape index (κ1) is 21.3. The molecule has 0 spiro atoms. The van der Waals surface area contributed by atoms with Gasteiger partial charge in [-0.05, 0) is 56.4 Å². The van der Waals surface area contributed by atoms with Crippen LogP contribution in [0, 0.1) is 20.8 Å². The van der Waals surface area contributed by atoms with E-state index in [0.29, 0.717) is 38.2 Å². The lowest BCUT2D eigenvalue weighted by Gasteiger charge is -2.31. The van der Waals surface area contributed by atoms with Crippen molar-refractivity contribution < 1.29 is 23.9 Å². The number of halogens is 1. The summed E-state index contributed by atoms with van der Waals surface area (Å²) in [5.41, 5.74) is 5.16. The number of carbonyl (C=O) groups excluding carboxylic acids is 1. The van der Waals surface area contributed by atoms with Crippen molar-refractivity contribution in [1.82, 2.24) is 0 Å². The van der Waals surface area contributed by atoms with Crippen LogP contribution in [0.4, 0.5) is 4.39 Å². The number of aliphatic hydroxyl groups is 1. The highest BCUT2D eigenvalue weighted by Crippen LogP contribution is 2.45. The van der Waals surface area contributed by atoms with Crippen molar-refractivity contribution in [2.24, 2.45) is 5.16 Å². The van der Waals surface area contributed by atoms with E-state index in [-0.39, 0.29) is 17.8 Å². The normalized spacial score (nSPS) is 22.0. The van der Waals surface area contributed by atoms with Gasteiger partial charge in [0.1, 0.15) is 18.1 Å². The SMILES string of the molecule is CCC/C(=N\OCC)C1=C(O)C(F)C(c2c(C)c(C)c(C)c3c2CCO3)CC1=O. The number of oxime groups is 1. The molecular formula is C23H30FNO4. The third-order valence-corrected chi connectivity index (χ3v) is 6.07. The van der Waals surface area contributed by atoms with Crippen molar-refractivity contribution in [2.75, 3.05) is 13.2 Å². The lowest BCUT2D eigenvalue weighted by molar-refractivity contribution is -0.116. The summed E-state index contributed by atoms with van der Waals surface area (Å²) < 4.78 is 21.4. The van der Waals surface area contributed by atoms with Crippen molar-refractivity contribution in [3.05, 3.63) is 39.1 Å². The summed E-state index contributed by atoms with van der Waals surface area (Å²) in [5.74, 6) is -0.736. The van der Waals surface area contributed by atoms with Crippen LogP contribution >= 0.6 is 0 Å². The second kappa shape index (κ2) is 8.56. The highest BCUT2D eigenvalue weighted by molar-refractivity contribution is 6.23. The maximum absolute atomic E-state index is 15.6. The standard InChI is InChI=1S/C23H30FNO4/c1-6-8-17(25-29-7-2)20-18(26)11-16(21(24)22(20)27)19-13(4)12(3)14(5)23-15(19)9-10-28-23/h16,21,27H,6-11H2,1-5H3/b25-17+. The number of ether oxygens (including phenoxy) is 1. The summed E-state index contributed by atoms with van der Waals surface area (Å²) in [5, 5.41) is 14.7. The van der Waals surface area contributed by atoms with E-state index < -0.39 is 17.8 Å². The van der Waals surface area contributed by atoms with Crippen LogP contribution in [0.3, 0.4) is 0 Å². The van der Waals surface area contributed by atoms with Gasteiger partial charge in [-0.2, -0.15) is 0 Å². The fraction of sp³-hybridized carbons (Fsp3) is 0.565. The van der Waals surface area contributed by atoms with Crippen LogP contribution in [0.25, 0.3) is 0 Å². The third-order valence-electron chi connectivity index (χ3n) is 6.07. The van der Waals surface area contributed by atoms with Crippen LogP contribution in [0.1, 0.15) is 66.8 Å². The maximum Gasteiger partial charge on any atom is 0.169 e. The molecule has 1 aliphatic carbocycles. The van der Waals surface area contributed by atoms with Gasteiger partial charge >= 0.3 is 0 Å². The van der Waals surface area contributed by atoms with Crippen molar-refractivity contribution in [3.8, 4) is 5.75 Å². The van der Waals surface area contributed by atoms with E-state index in [9.17, 15) is 9.90 Å². The van der Waals surface area contributed by atoms with E-state index in [4.69, 9.17) is 9.57 Å². The molecule has 0 bridgehead atoms. The molecule has 1 N–H and O–H groups in total. The number of alkyl halides is 1. The summed E-state index contributed by atoms with van der Waals surface area (Å²) in [6, 6.07) is 0. The molecule has 29 heavy (non-hydrogen) atoms. The first-order chi connectivity index (χ1) is 13.8. The average molecular weight is 403 g/mol. The topological polar surface area (TPSA) is 68.1 Å². The van der Waals surface area contributed by atoms with Gasteiger partial charge in [-0.25, -0.2) is 4.39 Å². The molecule has 2 atom stereocenters. The highest BCUT2D eigenvalue weighted by Gasteiger charge is 2.42. The molecule has 2 unspecified atom stereocenters. The molecule has 3 rings (SSSR count). The first-order valence-electron chi connectivity index (χ1n) is 10.4. The number of hydrogen-bond donors (Lipinski definition) is 1. The predicted molar refractivity (Wildman–Crippen MR) is 111 cm³/mol. The molecule has 0 radical (unpaired) electrons. The average Bonchev–Trinajstić information content (AvgIpc) is 3.17. The Labute approximate surface area is 171 Å². The molecule has 6 heteroatoms. The van der Waals surface area contributed by atoms with E-state index in [0.717, 1.165) is 33.6 Å². The smallest absolute Gasteiger partial charge is 0.169 e. The Hall–Kier alpha value is -2.37. The number of ketones is 1. The van der Waals surface area contributed by atoms with Gasteiger partial charge in [0.2, 0.25) is 0 Å². The molecule has 5 nitrogen and oxygen atoms in total. The zero-order valence-electron chi connectivity index (χ0n) is 17.9. The third kappa shape index (κ3) is 3.65. The van der Waals surface area contributed by atoms with Crippen LogP contribution in [0.15, 0.2) is 16.5 Å². The summed E-state index contributed by atoms with van der Waals surface area (Å²) >= 11 is 0. The molecular weight excluding hydrogens is 373 g/mol. The largest absolute Gasteiger partial charge is 0.508 e. The fourth-order valence-electron chi connectivity index (χ4n) is 4.46.